The van der Waals surface area contributed by atoms with Gasteiger partial charge in [0.05, 0.1) is 17.5 Å². The van der Waals surface area contributed by atoms with Crippen molar-refractivity contribution < 1.29 is 14.1 Å². The van der Waals surface area contributed by atoms with E-state index in [1.165, 1.54) is 0 Å². The summed E-state index contributed by atoms with van der Waals surface area (Å²) in [6.45, 7) is 2.42. The van der Waals surface area contributed by atoms with Crippen LogP contribution in [0.4, 0.5) is 0 Å². The van der Waals surface area contributed by atoms with Gasteiger partial charge < -0.3 is 9.72 Å². The maximum absolute atomic E-state index is 12.1. The molecule has 4 heteroatoms. The van der Waals surface area contributed by atoms with Gasteiger partial charge in [-0.3, -0.25) is 0 Å². The minimum absolute atomic E-state index is 0.202. The lowest BCUT2D eigenvalue weighted by atomic mass is 10.1. The van der Waals surface area contributed by atoms with Crippen LogP contribution in [-0.4, -0.2) is 17.6 Å². The minimum atomic E-state index is -0.222. The number of aromatic nitrogens is 2. The van der Waals surface area contributed by atoms with Crippen LogP contribution in [0.5, 0.6) is 0 Å². The predicted octanol–water partition coefficient (Wildman–Crippen LogP) is 3.32. The van der Waals surface area contributed by atoms with Crippen LogP contribution in [0.25, 0.3) is 32.8 Å². The number of hydrogen-bond donors (Lipinski definition) is 1. The van der Waals surface area contributed by atoms with Crippen molar-refractivity contribution in [2.24, 2.45) is 0 Å². The van der Waals surface area contributed by atoms with Crippen LogP contribution < -0.4 is 4.57 Å². The number of nitrogens with one attached hydrogen (secondary N) is 1. The number of rotatable bonds is 3. The Kier molecular flexibility index (Phi) is 3.23. The highest BCUT2D eigenvalue weighted by atomic mass is 16.5. The third-order valence-electron chi connectivity index (χ3n) is 4.10. The van der Waals surface area contributed by atoms with Gasteiger partial charge in [0.2, 0.25) is 17.6 Å². The van der Waals surface area contributed by atoms with Crippen LogP contribution in [0.2, 0.25) is 0 Å². The molecule has 4 aromatic rings. The third kappa shape index (κ3) is 2.23. The van der Waals surface area contributed by atoms with Crippen molar-refractivity contribution in [1.29, 1.82) is 0 Å². The Labute approximate surface area is 133 Å². The van der Waals surface area contributed by atoms with Crippen molar-refractivity contribution in [2.75, 3.05) is 6.61 Å². The van der Waals surface area contributed by atoms with Crippen molar-refractivity contribution in [1.82, 2.24) is 4.98 Å². The van der Waals surface area contributed by atoms with Gasteiger partial charge >= 0.3 is 5.97 Å². The quantitative estimate of drug-likeness (QED) is 0.466. The molecule has 114 valence electrons. The normalized spacial score (nSPS) is 11.3. The number of aromatic amines is 1. The highest BCUT2D eigenvalue weighted by Crippen LogP contribution is 2.25. The number of pyridine rings is 1. The second kappa shape index (κ2) is 5.39. The summed E-state index contributed by atoms with van der Waals surface area (Å²) in [4.78, 5) is 15.5. The Morgan fingerprint density at radius 2 is 1.87 bits per heavy atom. The van der Waals surface area contributed by atoms with Crippen molar-refractivity contribution in [3.63, 3.8) is 0 Å². The Bertz CT molecular complexity index is 1030. The van der Waals surface area contributed by atoms with E-state index < -0.39 is 0 Å². The summed E-state index contributed by atoms with van der Waals surface area (Å²) in [5.41, 5.74) is 4.15. The summed E-state index contributed by atoms with van der Waals surface area (Å²) in [6.07, 6.45) is 0. The molecule has 0 saturated carbocycles. The van der Waals surface area contributed by atoms with Gasteiger partial charge in [0.15, 0.2) is 0 Å². The molecular weight excluding hydrogens is 288 g/mol. The zero-order valence-electron chi connectivity index (χ0n) is 12.9. The Hall–Kier alpha value is -2.88. The van der Waals surface area contributed by atoms with Crippen LogP contribution >= 0.6 is 0 Å². The highest BCUT2D eigenvalue weighted by Gasteiger charge is 2.22. The molecule has 4 rings (SSSR count). The van der Waals surface area contributed by atoms with Crippen molar-refractivity contribution in [3.8, 4) is 0 Å². The lowest BCUT2D eigenvalue weighted by molar-refractivity contribution is -0.632. The molecule has 0 aliphatic carbocycles. The lowest BCUT2D eigenvalue weighted by Crippen LogP contribution is -2.40. The zero-order chi connectivity index (χ0) is 15.8. The zero-order valence-corrected chi connectivity index (χ0v) is 12.9. The number of ether oxygens (including phenoxy) is 1. The van der Waals surface area contributed by atoms with E-state index in [2.05, 4.69) is 29.2 Å². The number of esters is 1. The maximum Gasteiger partial charge on any atom is 0.372 e. The number of carbonyl (C=O) groups excluding carboxylic acids is 1. The first kappa shape index (κ1) is 13.8. The molecule has 0 aliphatic rings. The molecule has 2 aromatic heterocycles. The molecular formula is C19H17N2O2+. The average molecular weight is 305 g/mol. The van der Waals surface area contributed by atoms with Gasteiger partial charge in [0.25, 0.3) is 0 Å². The van der Waals surface area contributed by atoms with E-state index in [1.807, 2.05) is 41.8 Å². The molecule has 4 nitrogen and oxygen atoms in total. The first-order chi connectivity index (χ1) is 11.3. The van der Waals surface area contributed by atoms with Gasteiger partial charge in [-0.25, -0.2) is 4.79 Å². The topological polar surface area (TPSA) is 46.0 Å². The summed E-state index contributed by atoms with van der Waals surface area (Å²) < 4.78 is 7.21. The predicted molar refractivity (Wildman–Crippen MR) is 90.1 cm³/mol. The smallest absolute Gasteiger partial charge is 0.372 e. The molecule has 0 radical (unpaired) electrons. The van der Waals surface area contributed by atoms with Gasteiger partial charge in [-0.05, 0) is 31.2 Å². The van der Waals surface area contributed by atoms with Crippen molar-refractivity contribution in [2.45, 2.75) is 13.5 Å². The van der Waals surface area contributed by atoms with Gasteiger partial charge in [-0.15, -0.1) is 0 Å². The molecule has 0 amide bonds. The fraction of sp³-hybridized carbons (Fsp3) is 0.158. The molecule has 0 saturated heterocycles. The number of fused-ring (bicyclic) bond motifs is 4. The molecule has 0 fully saturated rings. The first-order valence-corrected chi connectivity index (χ1v) is 7.75. The Balaban J connectivity index is 2.09. The highest BCUT2D eigenvalue weighted by molar-refractivity contribution is 6.05. The van der Waals surface area contributed by atoms with E-state index >= 15 is 0 Å². The molecule has 0 atom stereocenters. The number of benzene rings is 2. The molecule has 2 aromatic carbocycles. The first-order valence-electron chi connectivity index (χ1n) is 7.75. The summed E-state index contributed by atoms with van der Waals surface area (Å²) in [7, 11) is 0. The van der Waals surface area contributed by atoms with Gasteiger partial charge in [-0.1, -0.05) is 24.3 Å². The summed E-state index contributed by atoms with van der Waals surface area (Å²) in [5.74, 6) is -0.222. The molecule has 0 bridgehead atoms. The standard InChI is InChI=1S/C19H16N2O2/c1-2-23-18(22)12-21-17-10-6-3-7-13(17)11-16-19(21)14-8-4-5-9-15(14)20-16/h3-11H,2,12H2,1H3/p+1. The van der Waals surface area contributed by atoms with Gasteiger partial charge in [0, 0.05) is 11.5 Å². The SMILES string of the molecule is CCOC(=O)C[n+]1c2ccccc2cc2[nH]c3ccccc3c21. The minimum Gasteiger partial charge on any atom is -0.461 e. The summed E-state index contributed by atoms with van der Waals surface area (Å²) in [5, 5.41) is 2.20. The van der Waals surface area contributed by atoms with Crippen LogP contribution in [0.15, 0.2) is 54.6 Å². The monoisotopic (exact) mass is 305 g/mol. The summed E-state index contributed by atoms with van der Waals surface area (Å²) >= 11 is 0. The van der Waals surface area contributed by atoms with E-state index in [0.717, 1.165) is 32.8 Å². The number of para-hydroxylation sites is 2. The van der Waals surface area contributed by atoms with E-state index in [0.29, 0.717) is 6.61 Å². The maximum atomic E-state index is 12.1. The Morgan fingerprint density at radius 3 is 2.74 bits per heavy atom. The molecule has 0 unspecified atom stereocenters. The molecule has 2 heterocycles. The van der Waals surface area contributed by atoms with Crippen LogP contribution in [0.3, 0.4) is 0 Å². The average Bonchev–Trinajstić information content (AvgIpc) is 2.93. The number of H-pyrrole nitrogens is 1. The number of carbonyl (C=O) groups is 1. The second-order valence-corrected chi connectivity index (χ2v) is 5.53. The lowest BCUT2D eigenvalue weighted by Gasteiger charge is -2.04. The third-order valence-corrected chi connectivity index (χ3v) is 4.10. The Morgan fingerprint density at radius 1 is 1.09 bits per heavy atom. The van der Waals surface area contributed by atoms with Crippen LogP contribution in [0.1, 0.15) is 6.92 Å². The van der Waals surface area contributed by atoms with Crippen LogP contribution in [0, 0.1) is 0 Å². The number of nitrogens with zero attached hydrogens (tertiary/aromatic N) is 1. The van der Waals surface area contributed by atoms with E-state index in [9.17, 15) is 4.79 Å². The van der Waals surface area contributed by atoms with Gasteiger partial charge in [0.1, 0.15) is 5.52 Å². The fourth-order valence-corrected chi connectivity index (χ4v) is 3.17. The molecule has 23 heavy (non-hydrogen) atoms. The van der Waals surface area contributed by atoms with Gasteiger partial charge in [-0.2, -0.15) is 4.57 Å². The van der Waals surface area contributed by atoms with Crippen molar-refractivity contribution >= 4 is 38.8 Å². The fourth-order valence-electron chi connectivity index (χ4n) is 3.17. The number of hydrogen-bond acceptors (Lipinski definition) is 2. The molecule has 1 N–H and O–H groups in total. The molecule has 0 spiro atoms. The van der Waals surface area contributed by atoms with E-state index in [-0.39, 0.29) is 12.5 Å². The van der Waals surface area contributed by atoms with Crippen LogP contribution in [-0.2, 0) is 16.1 Å². The molecule has 0 aliphatic heterocycles. The van der Waals surface area contributed by atoms with E-state index in [4.69, 9.17) is 4.74 Å². The summed E-state index contributed by atoms with van der Waals surface area (Å²) in [6, 6.07) is 18.4. The van der Waals surface area contributed by atoms with Crippen molar-refractivity contribution in [3.05, 3.63) is 54.6 Å². The largest absolute Gasteiger partial charge is 0.461 e. The second-order valence-electron chi connectivity index (χ2n) is 5.53. The van der Waals surface area contributed by atoms with E-state index in [1.54, 1.807) is 0 Å².